The lowest BCUT2D eigenvalue weighted by Crippen LogP contribution is -2.36. The molecule has 0 aromatic carbocycles. The molecule has 0 aliphatic heterocycles. The van der Waals surface area contributed by atoms with Crippen LogP contribution in [-0.2, 0) is 14.3 Å². The molecule has 58 valence electrons. The molecule has 0 spiro atoms. The van der Waals surface area contributed by atoms with Crippen LogP contribution in [0.15, 0.2) is 0 Å². The second kappa shape index (κ2) is 2.72. The number of ether oxygens (including phenoxy) is 1. The minimum atomic E-state index is -3.99. The number of esters is 1. The maximum absolute atomic E-state index is 12.1. The molecule has 0 atom stereocenters. The van der Waals surface area contributed by atoms with E-state index in [4.69, 9.17) is 0 Å². The van der Waals surface area contributed by atoms with Gasteiger partial charge in [-0.25, -0.2) is 4.79 Å². The zero-order chi connectivity index (χ0) is 8.36. The van der Waals surface area contributed by atoms with Crippen molar-refractivity contribution in [2.75, 3.05) is 7.11 Å². The third-order valence-electron chi connectivity index (χ3n) is 0.884. The molecule has 10 heavy (non-hydrogen) atoms. The van der Waals surface area contributed by atoms with Gasteiger partial charge in [0.2, 0.25) is 5.78 Å². The Kier molecular flexibility index (Phi) is 2.45. The summed E-state index contributed by atoms with van der Waals surface area (Å²) in [6.45, 7) is 0.622. The van der Waals surface area contributed by atoms with Crippen molar-refractivity contribution in [1.29, 1.82) is 0 Å². The Balaban J connectivity index is 4.40. The van der Waals surface area contributed by atoms with Crippen LogP contribution < -0.4 is 0 Å². The van der Waals surface area contributed by atoms with Gasteiger partial charge in [0.05, 0.1) is 7.11 Å². The molecule has 0 amide bonds. The molecule has 0 radical (unpaired) electrons. The van der Waals surface area contributed by atoms with Gasteiger partial charge in [0, 0.05) is 6.92 Å². The maximum atomic E-state index is 12.1. The summed E-state index contributed by atoms with van der Waals surface area (Å²) in [5.41, 5.74) is 0. The van der Waals surface area contributed by atoms with E-state index in [0.29, 0.717) is 6.92 Å². The lowest BCUT2D eigenvalue weighted by atomic mass is 10.2. The first kappa shape index (κ1) is 9.00. The van der Waals surface area contributed by atoms with Gasteiger partial charge in [-0.3, -0.25) is 4.79 Å². The fourth-order valence-electron chi connectivity index (χ4n) is 0.272. The number of hydrogen-bond donors (Lipinski definition) is 0. The second-order valence-electron chi connectivity index (χ2n) is 1.62. The van der Waals surface area contributed by atoms with Crippen molar-refractivity contribution in [3.63, 3.8) is 0 Å². The van der Waals surface area contributed by atoms with E-state index in [1.807, 2.05) is 0 Å². The monoisotopic (exact) mass is 152 g/mol. The first-order valence-corrected chi connectivity index (χ1v) is 2.40. The lowest BCUT2D eigenvalue weighted by molar-refractivity contribution is -0.173. The zero-order valence-corrected chi connectivity index (χ0v) is 5.48. The highest BCUT2D eigenvalue weighted by atomic mass is 19.3. The number of alkyl halides is 2. The van der Waals surface area contributed by atoms with E-state index < -0.39 is 17.7 Å². The number of rotatable bonds is 2. The standard InChI is InChI=1S/C5H6F2O3/c1-3(8)5(6,7)4(9)10-2/h1-2H3. The molecular formula is C5H6F2O3. The molecular weight excluding hydrogens is 146 g/mol. The quantitative estimate of drug-likeness (QED) is 0.424. The van der Waals surface area contributed by atoms with Crippen LogP contribution in [0.4, 0.5) is 8.78 Å². The summed E-state index contributed by atoms with van der Waals surface area (Å²) in [6, 6.07) is 0. The van der Waals surface area contributed by atoms with Crippen molar-refractivity contribution in [1.82, 2.24) is 0 Å². The number of halogens is 2. The molecule has 3 nitrogen and oxygen atoms in total. The van der Waals surface area contributed by atoms with Crippen LogP contribution >= 0.6 is 0 Å². The zero-order valence-electron chi connectivity index (χ0n) is 5.48. The van der Waals surface area contributed by atoms with Gasteiger partial charge in [0.25, 0.3) is 0 Å². The van der Waals surface area contributed by atoms with E-state index in [1.165, 1.54) is 0 Å². The number of methoxy groups -OCH3 is 1. The molecule has 0 fully saturated rings. The molecule has 0 aromatic heterocycles. The minimum Gasteiger partial charge on any atom is -0.464 e. The van der Waals surface area contributed by atoms with E-state index in [1.54, 1.807) is 0 Å². The average molecular weight is 152 g/mol. The van der Waals surface area contributed by atoms with E-state index >= 15 is 0 Å². The summed E-state index contributed by atoms with van der Waals surface area (Å²) < 4.78 is 27.9. The largest absolute Gasteiger partial charge is 0.464 e. The maximum Gasteiger partial charge on any atom is 0.399 e. The molecule has 0 N–H and O–H groups in total. The molecule has 0 aliphatic carbocycles. The molecule has 0 saturated carbocycles. The van der Waals surface area contributed by atoms with Gasteiger partial charge in [-0.1, -0.05) is 0 Å². The van der Waals surface area contributed by atoms with E-state index in [-0.39, 0.29) is 0 Å². The number of hydrogen-bond acceptors (Lipinski definition) is 3. The summed E-state index contributed by atoms with van der Waals surface area (Å²) >= 11 is 0. The summed E-state index contributed by atoms with van der Waals surface area (Å²) in [7, 11) is 0.791. The van der Waals surface area contributed by atoms with Gasteiger partial charge in [-0.05, 0) is 0 Å². The van der Waals surface area contributed by atoms with Crippen molar-refractivity contribution in [3.05, 3.63) is 0 Å². The van der Waals surface area contributed by atoms with Crippen LogP contribution in [0.25, 0.3) is 0 Å². The topological polar surface area (TPSA) is 43.4 Å². The highest BCUT2D eigenvalue weighted by molar-refractivity contribution is 6.03. The first-order chi connectivity index (χ1) is 4.42. The lowest BCUT2D eigenvalue weighted by Gasteiger charge is -2.07. The molecule has 0 saturated heterocycles. The van der Waals surface area contributed by atoms with Gasteiger partial charge in [0.15, 0.2) is 0 Å². The molecule has 0 unspecified atom stereocenters. The molecule has 0 aromatic rings. The van der Waals surface area contributed by atoms with Crippen LogP contribution in [0, 0.1) is 0 Å². The van der Waals surface area contributed by atoms with Crippen molar-refractivity contribution < 1.29 is 23.1 Å². The van der Waals surface area contributed by atoms with E-state index in [2.05, 4.69) is 4.74 Å². The Hall–Kier alpha value is -1.00. The van der Waals surface area contributed by atoms with Gasteiger partial charge in [-0.15, -0.1) is 0 Å². The fourth-order valence-corrected chi connectivity index (χ4v) is 0.272. The number of carbonyl (C=O) groups is 2. The SMILES string of the molecule is COC(=O)C(F)(F)C(C)=O. The second-order valence-corrected chi connectivity index (χ2v) is 1.62. The Morgan fingerprint density at radius 3 is 1.90 bits per heavy atom. The van der Waals surface area contributed by atoms with Crippen molar-refractivity contribution in [2.45, 2.75) is 12.8 Å². The van der Waals surface area contributed by atoms with Crippen molar-refractivity contribution in [2.24, 2.45) is 0 Å². The fraction of sp³-hybridized carbons (Fsp3) is 0.600. The van der Waals surface area contributed by atoms with Gasteiger partial charge in [0.1, 0.15) is 0 Å². The highest BCUT2D eigenvalue weighted by Gasteiger charge is 2.45. The third kappa shape index (κ3) is 1.49. The summed E-state index contributed by atoms with van der Waals surface area (Å²) in [5.74, 6) is -7.33. The molecule has 0 heterocycles. The summed E-state index contributed by atoms with van der Waals surface area (Å²) in [4.78, 5) is 20.1. The van der Waals surface area contributed by atoms with Crippen LogP contribution in [0.5, 0.6) is 0 Å². The number of Topliss-reactive ketones (excluding diaryl/α,β-unsaturated/α-hetero) is 1. The Bertz CT molecular complexity index is 164. The van der Waals surface area contributed by atoms with Gasteiger partial charge >= 0.3 is 11.9 Å². The van der Waals surface area contributed by atoms with Crippen LogP contribution in [0.3, 0.4) is 0 Å². The minimum absolute atomic E-state index is 0.622. The number of ketones is 1. The normalized spacial score (nSPS) is 10.8. The van der Waals surface area contributed by atoms with Crippen molar-refractivity contribution >= 4 is 11.8 Å². The van der Waals surface area contributed by atoms with Gasteiger partial charge < -0.3 is 4.74 Å². The van der Waals surface area contributed by atoms with Crippen molar-refractivity contribution in [3.8, 4) is 0 Å². The smallest absolute Gasteiger partial charge is 0.399 e. The first-order valence-electron chi connectivity index (χ1n) is 2.40. The van der Waals surface area contributed by atoms with Crippen LogP contribution in [0.1, 0.15) is 6.92 Å². The van der Waals surface area contributed by atoms with Gasteiger partial charge in [-0.2, -0.15) is 8.78 Å². The molecule has 0 rings (SSSR count). The van der Waals surface area contributed by atoms with Crippen LogP contribution in [0.2, 0.25) is 0 Å². The summed E-state index contributed by atoms with van der Waals surface area (Å²) in [6.07, 6.45) is 0. The van der Waals surface area contributed by atoms with E-state index in [9.17, 15) is 18.4 Å². The predicted octanol–water partition coefficient (Wildman–Crippen LogP) is 0.384. The number of carbonyl (C=O) groups excluding carboxylic acids is 2. The van der Waals surface area contributed by atoms with E-state index in [0.717, 1.165) is 7.11 Å². The Labute approximate surface area is 56.0 Å². The molecule has 5 heteroatoms. The Morgan fingerprint density at radius 1 is 1.40 bits per heavy atom. The van der Waals surface area contributed by atoms with Crippen LogP contribution in [-0.4, -0.2) is 24.8 Å². The average Bonchev–Trinajstić information content (AvgIpc) is 1.86. The summed E-state index contributed by atoms with van der Waals surface area (Å²) in [5, 5.41) is 0. The highest BCUT2D eigenvalue weighted by Crippen LogP contribution is 2.15. The Morgan fingerprint density at radius 2 is 1.80 bits per heavy atom. The third-order valence-corrected chi connectivity index (χ3v) is 0.884. The molecule has 0 bridgehead atoms. The molecule has 0 aliphatic rings. The predicted molar refractivity (Wildman–Crippen MR) is 27.6 cm³/mol.